The molecular formula is C15H20ClN5. The van der Waals surface area contributed by atoms with Gasteiger partial charge in [0.25, 0.3) is 0 Å². The Bertz CT molecular complexity index is 616. The molecule has 1 saturated carbocycles. The molecule has 5 nitrogen and oxygen atoms in total. The van der Waals surface area contributed by atoms with Crippen LogP contribution in [0.15, 0.2) is 28.2 Å². The highest BCUT2D eigenvalue weighted by atomic mass is 35.5. The van der Waals surface area contributed by atoms with Crippen molar-refractivity contribution in [2.24, 2.45) is 21.5 Å². The van der Waals surface area contributed by atoms with Gasteiger partial charge in [0, 0.05) is 10.7 Å². The number of guanidine groups is 2. The van der Waals surface area contributed by atoms with Crippen LogP contribution in [-0.2, 0) is 0 Å². The maximum atomic E-state index is 6.18. The van der Waals surface area contributed by atoms with E-state index in [2.05, 4.69) is 9.98 Å². The predicted octanol–water partition coefficient (Wildman–Crippen LogP) is 2.76. The number of aliphatic imine (C=N–C) groups is 2. The van der Waals surface area contributed by atoms with E-state index in [4.69, 9.17) is 23.1 Å². The van der Waals surface area contributed by atoms with Gasteiger partial charge in [-0.2, -0.15) is 4.99 Å². The number of nitrogens with two attached hydrogens (primary N) is 2. The Hall–Kier alpha value is -1.75. The molecule has 1 fully saturated rings. The number of aryl methyl sites for hydroxylation is 1. The third-order valence-electron chi connectivity index (χ3n) is 4.25. The van der Waals surface area contributed by atoms with E-state index in [0.717, 1.165) is 42.0 Å². The van der Waals surface area contributed by atoms with Crippen LogP contribution < -0.4 is 16.4 Å². The second kappa shape index (κ2) is 5.22. The summed E-state index contributed by atoms with van der Waals surface area (Å²) in [5.41, 5.74) is 13.6. The summed E-state index contributed by atoms with van der Waals surface area (Å²) in [7, 11) is 0. The van der Waals surface area contributed by atoms with Gasteiger partial charge in [0.05, 0.1) is 0 Å². The van der Waals surface area contributed by atoms with Crippen molar-refractivity contribution in [3.05, 3.63) is 28.8 Å². The minimum atomic E-state index is -0.394. The second-order valence-electron chi connectivity index (χ2n) is 5.75. The van der Waals surface area contributed by atoms with E-state index in [9.17, 15) is 0 Å². The molecule has 0 unspecified atom stereocenters. The van der Waals surface area contributed by atoms with E-state index in [1.165, 1.54) is 6.42 Å². The average molecular weight is 306 g/mol. The standard InChI is InChI=1S/C15H20ClN5/c1-10-9-11(5-6-12(10)16)21-14(18)19-13(17)20-15(21)7-3-2-4-8-15/h5-6,9H,2-4,7-8H2,1H3,(H4,17,18,19,20). The molecule has 3 rings (SSSR count). The zero-order valence-electron chi connectivity index (χ0n) is 12.1. The monoisotopic (exact) mass is 305 g/mol. The molecule has 21 heavy (non-hydrogen) atoms. The molecule has 4 N–H and O–H groups in total. The smallest absolute Gasteiger partial charge is 0.220 e. The highest BCUT2D eigenvalue weighted by Gasteiger charge is 2.42. The van der Waals surface area contributed by atoms with Crippen molar-refractivity contribution in [3.63, 3.8) is 0 Å². The van der Waals surface area contributed by atoms with E-state index in [1.54, 1.807) is 0 Å². The molecule has 1 aromatic carbocycles. The molecule has 0 saturated heterocycles. The molecule has 1 aliphatic carbocycles. The van der Waals surface area contributed by atoms with Gasteiger partial charge >= 0.3 is 0 Å². The Morgan fingerprint density at radius 2 is 1.90 bits per heavy atom. The number of hydrogen-bond acceptors (Lipinski definition) is 5. The van der Waals surface area contributed by atoms with E-state index in [-0.39, 0.29) is 5.96 Å². The third kappa shape index (κ3) is 2.46. The van der Waals surface area contributed by atoms with E-state index >= 15 is 0 Å². The lowest BCUT2D eigenvalue weighted by atomic mass is 9.87. The summed E-state index contributed by atoms with van der Waals surface area (Å²) >= 11 is 6.13. The summed E-state index contributed by atoms with van der Waals surface area (Å²) in [6, 6.07) is 5.88. The van der Waals surface area contributed by atoms with Crippen molar-refractivity contribution in [1.82, 2.24) is 0 Å². The van der Waals surface area contributed by atoms with Gasteiger partial charge in [0.2, 0.25) is 11.9 Å². The fraction of sp³-hybridized carbons (Fsp3) is 0.467. The van der Waals surface area contributed by atoms with Gasteiger partial charge < -0.3 is 11.5 Å². The van der Waals surface area contributed by atoms with Gasteiger partial charge in [-0.3, -0.25) is 4.90 Å². The first-order chi connectivity index (χ1) is 10.0. The van der Waals surface area contributed by atoms with Crippen molar-refractivity contribution in [2.75, 3.05) is 4.90 Å². The SMILES string of the molecule is Cc1cc(N2C(N)=NC(N)=NC23CCCCC3)ccc1Cl. The molecule has 0 atom stereocenters. The number of anilines is 1. The van der Waals surface area contributed by atoms with Gasteiger partial charge in [-0.25, -0.2) is 4.99 Å². The van der Waals surface area contributed by atoms with Crippen LogP contribution >= 0.6 is 11.6 Å². The quantitative estimate of drug-likeness (QED) is 0.837. The van der Waals surface area contributed by atoms with Crippen LogP contribution in [0.2, 0.25) is 5.02 Å². The highest BCUT2D eigenvalue weighted by molar-refractivity contribution is 6.31. The minimum Gasteiger partial charge on any atom is -0.369 e. The van der Waals surface area contributed by atoms with Crippen molar-refractivity contribution < 1.29 is 0 Å². The lowest BCUT2D eigenvalue weighted by Gasteiger charge is -2.45. The predicted molar refractivity (Wildman–Crippen MR) is 87.7 cm³/mol. The largest absolute Gasteiger partial charge is 0.369 e. The van der Waals surface area contributed by atoms with Crippen molar-refractivity contribution >= 4 is 29.2 Å². The number of hydrogen-bond donors (Lipinski definition) is 2. The fourth-order valence-corrected chi connectivity index (χ4v) is 3.38. The van der Waals surface area contributed by atoms with E-state index in [0.29, 0.717) is 5.96 Å². The first-order valence-electron chi connectivity index (χ1n) is 7.28. The van der Waals surface area contributed by atoms with Crippen LogP contribution in [0.5, 0.6) is 0 Å². The number of benzene rings is 1. The van der Waals surface area contributed by atoms with Crippen LogP contribution in [0.3, 0.4) is 0 Å². The highest BCUT2D eigenvalue weighted by Crippen LogP contribution is 2.40. The Kier molecular flexibility index (Phi) is 3.53. The van der Waals surface area contributed by atoms with Crippen molar-refractivity contribution in [3.8, 4) is 0 Å². The van der Waals surface area contributed by atoms with Crippen molar-refractivity contribution in [2.45, 2.75) is 44.7 Å². The molecule has 1 aromatic rings. The first-order valence-corrected chi connectivity index (χ1v) is 7.65. The molecule has 6 heteroatoms. The Morgan fingerprint density at radius 3 is 2.57 bits per heavy atom. The second-order valence-corrected chi connectivity index (χ2v) is 6.16. The molecule has 2 aliphatic rings. The van der Waals surface area contributed by atoms with Gasteiger partial charge in [-0.1, -0.05) is 18.0 Å². The maximum absolute atomic E-state index is 6.18. The van der Waals surface area contributed by atoms with E-state index in [1.807, 2.05) is 30.0 Å². The Labute approximate surface area is 129 Å². The zero-order chi connectivity index (χ0) is 15.0. The Balaban J connectivity index is 2.08. The lowest BCUT2D eigenvalue weighted by molar-refractivity contribution is 0.305. The molecular weight excluding hydrogens is 286 g/mol. The van der Waals surface area contributed by atoms with Gasteiger partial charge in [0.1, 0.15) is 5.66 Å². The van der Waals surface area contributed by atoms with Gasteiger partial charge in [0.15, 0.2) is 0 Å². The summed E-state index contributed by atoms with van der Waals surface area (Å²) in [5, 5.41) is 0.743. The normalized spacial score (nSPS) is 21.1. The van der Waals surface area contributed by atoms with Gasteiger partial charge in [-0.05, 0) is 56.4 Å². The summed E-state index contributed by atoms with van der Waals surface area (Å²) in [6.45, 7) is 1.98. The number of rotatable bonds is 1. The molecule has 0 radical (unpaired) electrons. The molecule has 1 aliphatic heterocycles. The van der Waals surface area contributed by atoms with Crippen LogP contribution in [0.25, 0.3) is 0 Å². The third-order valence-corrected chi connectivity index (χ3v) is 4.68. The minimum absolute atomic E-state index is 0.274. The van der Waals surface area contributed by atoms with Crippen molar-refractivity contribution in [1.29, 1.82) is 0 Å². The first kappa shape index (κ1) is 14.2. The van der Waals surface area contributed by atoms with E-state index < -0.39 is 5.66 Å². The van der Waals surface area contributed by atoms with Crippen LogP contribution in [0.1, 0.15) is 37.7 Å². The van der Waals surface area contributed by atoms with Gasteiger partial charge in [-0.15, -0.1) is 0 Å². The molecule has 1 heterocycles. The Morgan fingerprint density at radius 1 is 1.19 bits per heavy atom. The molecule has 0 bridgehead atoms. The topological polar surface area (TPSA) is 80.0 Å². The number of halogens is 1. The summed E-state index contributed by atoms with van der Waals surface area (Å²) in [6.07, 6.45) is 5.33. The van der Waals surface area contributed by atoms with Crippen LogP contribution in [0, 0.1) is 6.92 Å². The van der Waals surface area contributed by atoms with Crippen LogP contribution in [0.4, 0.5) is 5.69 Å². The maximum Gasteiger partial charge on any atom is 0.220 e. The molecule has 112 valence electrons. The molecule has 0 aromatic heterocycles. The molecule has 0 amide bonds. The van der Waals surface area contributed by atoms with Crippen LogP contribution in [-0.4, -0.2) is 17.6 Å². The summed E-state index contributed by atoms with van der Waals surface area (Å²) < 4.78 is 0. The average Bonchev–Trinajstić information content (AvgIpc) is 2.42. The zero-order valence-corrected chi connectivity index (χ0v) is 12.9. The fourth-order valence-electron chi connectivity index (χ4n) is 3.26. The summed E-state index contributed by atoms with van der Waals surface area (Å²) in [4.78, 5) is 10.8. The summed E-state index contributed by atoms with van der Waals surface area (Å²) in [5.74, 6) is 0.683. The lowest BCUT2D eigenvalue weighted by Crippen LogP contribution is -2.58. The number of nitrogens with zero attached hydrogens (tertiary/aromatic N) is 3. The molecule has 1 spiro atoms.